The second-order valence-electron chi connectivity index (χ2n) is 14.6. The van der Waals surface area contributed by atoms with Crippen LogP contribution < -0.4 is 0 Å². The first-order valence-electron chi connectivity index (χ1n) is 16.0. The largest absolute Gasteiger partial charge is 0.458 e. The van der Waals surface area contributed by atoms with Gasteiger partial charge >= 0.3 is 5.97 Å². The monoisotopic (exact) mass is 519 g/mol. The summed E-state index contributed by atoms with van der Waals surface area (Å²) in [5.74, 6) is 5.75. The fraction of sp³-hybridized carbons (Fsp3) is 0.771. The van der Waals surface area contributed by atoms with Crippen LogP contribution in [-0.2, 0) is 4.74 Å². The van der Waals surface area contributed by atoms with E-state index in [1.54, 1.807) is 30.1 Å². The third-order valence-electron chi connectivity index (χ3n) is 12.1. The fourth-order valence-electron chi connectivity index (χ4n) is 10.2. The number of hydrogen-bond acceptors (Lipinski definition) is 3. The number of ether oxygens (including phenoxy) is 1. The highest BCUT2D eigenvalue weighted by atomic mass is 16.5. The Morgan fingerprint density at radius 1 is 1.08 bits per heavy atom. The van der Waals surface area contributed by atoms with Crippen LogP contribution in [-0.4, -0.2) is 17.1 Å². The molecular formula is C35H53NO2. The van der Waals surface area contributed by atoms with Crippen molar-refractivity contribution in [1.29, 1.82) is 0 Å². The molecule has 3 fully saturated rings. The average molecular weight is 520 g/mol. The summed E-state index contributed by atoms with van der Waals surface area (Å²) in [7, 11) is 0. The van der Waals surface area contributed by atoms with Gasteiger partial charge in [-0.25, -0.2) is 4.79 Å². The molecule has 0 N–H and O–H groups in total. The van der Waals surface area contributed by atoms with Crippen LogP contribution in [0.2, 0.25) is 0 Å². The van der Waals surface area contributed by atoms with Gasteiger partial charge in [-0.2, -0.15) is 0 Å². The van der Waals surface area contributed by atoms with E-state index in [2.05, 4.69) is 52.6 Å². The summed E-state index contributed by atoms with van der Waals surface area (Å²) >= 11 is 0. The molecule has 4 aliphatic rings. The molecule has 0 bridgehead atoms. The van der Waals surface area contributed by atoms with Gasteiger partial charge in [0, 0.05) is 18.8 Å². The number of hydrogen-bond donors (Lipinski definition) is 0. The maximum atomic E-state index is 12.7. The van der Waals surface area contributed by atoms with Crippen LogP contribution in [0.15, 0.2) is 36.2 Å². The molecule has 5 rings (SSSR count). The van der Waals surface area contributed by atoms with Crippen LogP contribution in [0.25, 0.3) is 0 Å². The summed E-state index contributed by atoms with van der Waals surface area (Å²) in [6.07, 6.45) is 20.1. The van der Waals surface area contributed by atoms with Crippen LogP contribution >= 0.6 is 0 Å². The Kier molecular flexibility index (Phi) is 8.14. The first-order chi connectivity index (χ1) is 18.2. The summed E-state index contributed by atoms with van der Waals surface area (Å²) in [6, 6.07) is 3.60. The van der Waals surface area contributed by atoms with Crippen LogP contribution in [0.3, 0.4) is 0 Å². The molecule has 9 atom stereocenters. The minimum atomic E-state index is -0.223. The smallest absolute Gasteiger partial charge is 0.339 e. The molecule has 3 nitrogen and oxygen atoms in total. The van der Waals surface area contributed by atoms with E-state index in [0.717, 1.165) is 60.7 Å². The van der Waals surface area contributed by atoms with Crippen molar-refractivity contribution in [1.82, 2.24) is 4.98 Å². The van der Waals surface area contributed by atoms with E-state index in [0.29, 0.717) is 11.0 Å². The standard InChI is InChI=1S/C35H53NO2/c1-7-25(19-23(2)3)20-24(4)30-12-13-31-29-11-10-27-21-28(38-33(37)26-9-8-18-36-22-26)14-16-34(27,5)32(29)15-17-35(30,31)6/h8-10,18,22-25,28-32H,7,11-17,19-21H2,1-6H3/t24-,25-,28+,29+,30-,31+,32-,34+,35-/m1/s1. The number of rotatable bonds is 8. The van der Waals surface area contributed by atoms with Gasteiger partial charge in [0.05, 0.1) is 5.56 Å². The molecule has 0 amide bonds. The molecule has 0 radical (unpaired) electrons. The van der Waals surface area contributed by atoms with Crippen LogP contribution in [0.4, 0.5) is 0 Å². The highest BCUT2D eigenvalue weighted by Gasteiger charge is 2.59. The minimum absolute atomic E-state index is 0.00139. The summed E-state index contributed by atoms with van der Waals surface area (Å²) < 4.78 is 5.98. The zero-order chi connectivity index (χ0) is 27.1. The molecule has 4 aliphatic carbocycles. The quantitative estimate of drug-likeness (QED) is 0.254. The normalized spacial score (nSPS) is 38.0. The molecule has 0 aliphatic heterocycles. The highest BCUT2D eigenvalue weighted by Crippen LogP contribution is 2.67. The number of pyridine rings is 1. The molecule has 1 heterocycles. The lowest BCUT2D eigenvalue weighted by Crippen LogP contribution is -2.51. The van der Waals surface area contributed by atoms with Crippen molar-refractivity contribution in [2.75, 3.05) is 0 Å². The fourth-order valence-corrected chi connectivity index (χ4v) is 10.2. The lowest BCUT2D eigenvalue weighted by Gasteiger charge is -2.58. The Labute approximate surface area is 232 Å². The summed E-state index contributed by atoms with van der Waals surface area (Å²) in [5, 5.41) is 0. The molecule has 210 valence electrons. The second kappa shape index (κ2) is 11.1. The number of fused-ring (bicyclic) bond motifs is 5. The van der Waals surface area contributed by atoms with Crippen LogP contribution in [0.5, 0.6) is 0 Å². The SMILES string of the molecule is CC[C@H](CC(C)C)C[C@@H](C)[C@H]1CC[C@H]2[C@@H]3CC=C4C[C@@H](OC(=O)c5cccnc5)CC[C@]4(C)[C@@H]3CC[C@]12C. The number of carbonyl (C=O) groups is 1. The predicted molar refractivity (Wildman–Crippen MR) is 156 cm³/mol. The predicted octanol–water partition coefficient (Wildman–Crippen LogP) is 9.28. The number of allylic oxidation sites excluding steroid dienone is 1. The zero-order valence-corrected chi connectivity index (χ0v) is 25.0. The Balaban J connectivity index is 1.26. The van der Waals surface area contributed by atoms with E-state index in [1.165, 1.54) is 51.4 Å². The van der Waals surface area contributed by atoms with Gasteiger partial charge in [0.15, 0.2) is 0 Å². The molecule has 0 aromatic carbocycles. The van der Waals surface area contributed by atoms with Crippen molar-refractivity contribution in [3.8, 4) is 0 Å². The van der Waals surface area contributed by atoms with E-state index in [9.17, 15) is 4.79 Å². The molecule has 0 unspecified atom stereocenters. The summed E-state index contributed by atoms with van der Waals surface area (Å²) in [5.41, 5.74) is 2.95. The van der Waals surface area contributed by atoms with E-state index >= 15 is 0 Å². The van der Waals surface area contributed by atoms with Gasteiger partial charge < -0.3 is 4.74 Å². The number of aromatic nitrogens is 1. The lowest BCUT2D eigenvalue weighted by atomic mass is 9.47. The molecule has 3 saturated carbocycles. The van der Waals surface area contributed by atoms with Crippen molar-refractivity contribution in [2.45, 2.75) is 118 Å². The van der Waals surface area contributed by atoms with E-state index in [1.807, 2.05) is 0 Å². The van der Waals surface area contributed by atoms with E-state index in [4.69, 9.17) is 4.74 Å². The molecule has 1 aromatic heterocycles. The molecule has 1 aromatic rings. The van der Waals surface area contributed by atoms with Crippen molar-refractivity contribution in [3.63, 3.8) is 0 Å². The summed E-state index contributed by atoms with van der Waals surface area (Å²) in [6.45, 7) is 15.1. The minimum Gasteiger partial charge on any atom is -0.458 e. The van der Waals surface area contributed by atoms with Gasteiger partial charge in [0.1, 0.15) is 6.10 Å². The van der Waals surface area contributed by atoms with E-state index < -0.39 is 0 Å². The molecule has 0 spiro atoms. The number of nitrogens with zero attached hydrogens (tertiary/aromatic N) is 1. The molecule has 38 heavy (non-hydrogen) atoms. The Morgan fingerprint density at radius 3 is 2.61 bits per heavy atom. The number of carbonyl (C=O) groups excluding carboxylic acids is 1. The second-order valence-corrected chi connectivity index (χ2v) is 14.6. The Morgan fingerprint density at radius 2 is 1.89 bits per heavy atom. The van der Waals surface area contributed by atoms with Crippen molar-refractivity contribution < 1.29 is 9.53 Å². The molecule has 3 heteroatoms. The Hall–Kier alpha value is -1.64. The topological polar surface area (TPSA) is 39.2 Å². The third-order valence-corrected chi connectivity index (χ3v) is 12.1. The lowest BCUT2D eigenvalue weighted by molar-refractivity contribution is -0.0602. The van der Waals surface area contributed by atoms with Gasteiger partial charge in [-0.15, -0.1) is 0 Å². The van der Waals surface area contributed by atoms with E-state index in [-0.39, 0.29) is 17.5 Å². The van der Waals surface area contributed by atoms with Gasteiger partial charge in [-0.3, -0.25) is 4.98 Å². The van der Waals surface area contributed by atoms with Crippen molar-refractivity contribution >= 4 is 5.97 Å². The first-order valence-corrected chi connectivity index (χ1v) is 16.0. The summed E-state index contributed by atoms with van der Waals surface area (Å²) in [4.78, 5) is 16.8. The maximum absolute atomic E-state index is 12.7. The number of esters is 1. The highest BCUT2D eigenvalue weighted by molar-refractivity contribution is 5.89. The van der Waals surface area contributed by atoms with Gasteiger partial charge in [-0.05, 0) is 122 Å². The maximum Gasteiger partial charge on any atom is 0.339 e. The molecule has 0 saturated heterocycles. The average Bonchev–Trinajstić information content (AvgIpc) is 3.26. The van der Waals surface area contributed by atoms with Crippen LogP contribution in [0.1, 0.15) is 123 Å². The van der Waals surface area contributed by atoms with Crippen molar-refractivity contribution in [2.24, 2.45) is 52.3 Å². The Bertz CT molecular complexity index is 1000. The third kappa shape index (κ3) is 5.13. The zero-order valence-electron chi connectivity index (χ0n) is 25.0. The van der Waals surface area contributed by atoms with Crippen molar-refractivity contribution in [3.05, 3.63) is 41.7 Å². The van der Waals surface area contributed by atoms with Gasteiger partial charge in [0.2, 0.25) is 0 Å². The van der Waals surface area contributed by atoms with Gasteiger partial charge in [-0.1, -0.05) is 59.6 Å². The van der Waals surface area contributed by atoms with Crippen LogP contribution in [0, 0.1) is 52.3 Å². The molecular weight excluding hydrogens is 466 g/mol. The van der Waals surface area contributed by atoms with Gasteiger partial charge in [0.25, 0.3) is 0 Å². The first kappa shape index (κ1) is 27.9.